The van der Waals surface area contributed by atoms with E-state index in [1.54, 1.807) is 12.3 Å². The number of nitrogens with one attached hydrogen (secondary N) is 2. The molecule has 18 heavy (non-hydrogen) atoms. The Morgan fingerprint density at radius 1 is 1.61 bits per heavy atom. The van der Waals surface area contributed by atoms with E-state index < -0.39 is 5.60 Å². The minimum atomic E-state index is -0.946. The van der Waals surface area contributed by atoms with E-state index in [0.29, 0.717) is 18.8 Å². The van der Waals surface area contributed by atoms with E-state index in [-0.39, 0.29) is 19.2 Å². The zero-order valence-corrected chi connectivity index (χ0v) is 10.3. The molecule has 1 fully saturated rings. The summed E-state index contributed by atoms with van der Waals surface area (Å²) in [5, 5.41) is 15.2. The van der Waals surface area contributed by atoms with Crippen LogP contribution in [0.4, 0.5) is 10.6 Å². The zero-order chi connectivity index (χ0) is 13.0. The van der Waals surface area contributed by atoms with Crippen molar-refractivity contribution in [1.82, 2.24) is 10.3 Å². The highest BCUT2D eigenvalue weighted by Crippen LogP contribution is 2.16. The maximum atomic E-state index is 11.6. The first kappa shape index (κ1) is 12.8. The highest BCUT2D eigenvalue weighted by Gasteiger charge is 2.32. The van der Waals surface area contributed by atoms with Crippen LogP contribution in [0.2, 0.25) is 0 Å². The molecule has 1 atom stereocenters. The summed E-state index contributed by atoms with van der Waals surface area (Å²) in [6.07, 6.45) is 2.21. The van der Waals surface area contributed by atoms with Crippen LogP contribution in [0.3, 0.4) is 0 Å². The van der Waals surface area contributed by atoms with Crippen LogP contribution in [0.1, 0.15) is 12.0 Å². The summed E-state index contributed by atoms with van der Waals surface area (Å²) in [6.45, 7) is 2.88. The Bertz CT molecular complexity index is 413. The molecule has 1 aromatic heterocycles. The van der Waals surface area contributed by atoms with Gasteiger partial charge in [0.25, 0.3) is 0 Å². The number of aromatic nitrogens is 1. The van der Waals surface area contributed by atoms with Crippen LogP contribution in [-0.2, 0) is 4.74 Å². The van der Waals surface area contributed by atoms with Crippen molar-refractivity contribution in [2.75, 3.05) is 25.1 Å². The first-order chi connectivity index (χ1) is 8.57. The number of pyridine rings is 1. The van der Waals surface area contributed by atoms with Crippen LogP contribution in [0.5, 0.6) is 0 Å². The highest BCUT2D eigenvalue weighted by atomic mass is 16.5. The summed E-state index contributed by atoms with van der Waals surface area (Å²) < 4.78 is 5.09. The zero-order valence-electron chi connectivity index (χ0n) is 10.3. The summed E-state index contributed by atoms with van der Waals surface area (Å²) in [5.41, 5.74) is 0.0799. The number of carbonyl (C=O) groups excluding carboxylic acids is 1. The average molecular weight is 251 g/mol. The van der Waals surface area contributed by atoms with Crippen LogP contribution in [0, 0.1) is 6.92 Å². The predicted molar refractivity (Wildman–Crippen MR) is 66.4 cm³/mol. The van der Waals surface area contributed by atoms with Crippen molar-refractivity contribution in [3.05, 3.63) is 23.9 Å². The first-order valence-electron chi connectivity index (χ1n) is 5.85. The molecule has 2 rings (SSSR count). The van der Waals surface area contributed by atoms with E-state index >= 15 is 0 Å². The van der Waals surface area contributed by atoms with Crippen molar-refractivity contribution >= 4 is 11.8 Å². The molecule has 2 heterocycles. The molecular formula is C12H17N3O3. The molecule has 0 spiro atoms. The summed E-state index contributed by atoms with van der Waals surface area (Å²) in [4.78, 5) is 15.6. The Morgan fingerprint density at radius 3 is 3.06 bits per heavy atom. The number of hydrogen-bond donors (Lipinski definition) is 3. The molecule has 1 aromatic rings. The number of aliphatic hydroxyl groups is 1. The quantitative estimate of drug-likeness (QED) is 0.737. The molecule has 0 aromatic carbocycles. The highest BCUT2D eigenvalue weighted by molar-refractivity contribution is 5.88. The van der Waals surface area contributed by atoms with Gasteiger partial charge < -0.3 is 15.2 Å². The molecular weight excluding hydrogens is 234 g/mol. The van der Waals surface area contributed by atoms with E-state index in [1.807, 2.05) is 13.0 Å². The standard InChI is InChI=1S/C12H17N3O3/c1-9-2-3-10(13-6-9)15-11(16)14-7-12(17)4-5-18-8-12/h2-3,6,17H,4-5,7-8H2,1H3,(H2,13,14,15,16). The number of hydrogen-bond acceptors (Lipinski definition) is 4. The minimum Gasteiger partial charge on any atom is -0.386 e. The fraction of sp³-hybridized carbons (Fsp3) is 0.500. The van der Waals surface area contributed by atoms with E-state index in [4.69, 9.17) is 4.74 Å². The van der Waals surface area contributed by atoms with E-state index in [2.05, 4.69) is 15.6 Å². The monoisotopic (exact) mass is 251 g/mol. The molecule has 6 heteroatoms. The van der Waals surface area contributed by atoms with Gasteiger partial charge in [0.15, 0.2) is 0 Å². The number of aryl methyl sites for hydroxylation is 1. The smallest absolute Gasteiger partial charge is 0.320 e. The second-order valence-electron chi connectivity index (χ2n) is 4.56. The normalized spacial score (nSPS) is 22.8. The fourth-order valence-electron chi connectivity index (χ4n) is 1.68. The Kier molecular flexibility index (Phi) is 3.78. The first-order valence-corrected chi connectivity index (χ1v) is 5.85. The van der Waals surface area contributed by atoms with Gasteiger partial charge in [-0.1, -0.05) is 6.07 Å². The largest absolute Gasteiger partial charge is 0.386 e. The van der Waals surface area contributed by atoms with Crippen molar-refractivity contribution in [3.8, 4) is 0 Å². The molecule has 2 amide bonds. The van der Waals surface area contributed by atoms with Crippen LogP contribution >= 0.6 is 0 Å². The van der Waals surface area contributed by atoms with Crippen molar-refractivity contribution in [2.45, 2.75) is 18.9 Å². The van der Waals surface area contributed by atoms with Gasteiger partial charge in [-0.05, 0) is 18.6 Å². The Morgan fingerprint density at radius 2 is 2.44 bits per heavy atom. The Hall–Kier alpha value is -1.66. The van der Waals surface area contributed by atoms with E-state index in [0.717, 1.165) is 5.56 Å². The SMILES string of the molecule is Cc1ccc(NC(=O)NCC2(O)CCOC2)nc1. The molecule has 3 N–H and O–H groups in total. The Labute approximate surface area is 105 Å². The van der Waals surface area contributed by atoms with Crippen molar-refractivity contribution < 1.29 is 14.6 Å². The molecule has 0 radical (unpaired) electrons. The van der Waals surface area contributed by atoms with Gasteiger partial charge in [-0.25, -0.2) is 9.78 Å². The summed E-state index contributed by atoms with van der Waals surface area (Å²) in [6, 6.07) is 3.20. The van der Waals surface area contributed by atoms with Crippen LogP contribution in [0.15, 0.2) is 18.3 Å². The summed E-state index contributed by atoms with van der Waals surface area (Å²) >= 11 is 0. The number of nitrogens with zero attached hydrogens (tertiary/aromatic N) is 1. The summed E-state index contributed by atoms with van der Waals surface area (Å²) in [5.74, 6) is 0.479. The molecule has 0 aliphatic carbocycles. The van der Waals surface area contributed by atoms with E-state index in [9.17, 15) is 9.90 Å². The van der Waals surface area contributed by atoms with Gasteiger partial charge in [0, 0.05) is 19.2 Å². The van der Waals surface area contributed by atoms with Gasteiger partial charge in [0.2, 0.25) is 0 Å². The lowest BCUT2D eigenvalue weighted by Gasteiger charge is -2.20. The van der Waals surface area contributed by atoms with Crippen molar-refractivity contribution in [3.63, 3.8) is 0 Å². The van der Waals surface area contributed by atoms with Gasteiger partial charge in [-0.3, -0.25) is 5.32 Å². The second kappa shape index (κ2) is 5.32. The third-order valence-corrected chi connectivity index (χ3v) is 2.81. The lowest BCUT2D eigenvalue weighted by molar-refractivity contribution is 0.0295. The average Bonchev–Trinajstić information content (AvgIpc) is 2.78. The topological polar surface area (TPSA) is 83.5 Å². The van der Waals surface area contributed by atoms with Crippen LogP contribution in [-0.4, -0.2) is 41.5 Å². The lowest BCUT2D eigenvalue weighted by Crippen LogP contribution is -2.44. The van der Waals surface area contributed by atoms with Crippen molar-refractivity contribution in [2.24, 2.45) is 0 Å². The minimum absolute atomic E-state index is 0.171. The number of anilines is 1. The third kappa shape index (κ3) is 3.41. The van der Waals surface area contributed by atoms with Crippen molar-refractivity contribution in [1.29, 1.82) is 0 Å². The van der Waals surface area contributed by atoms with Gasteiger partial charge in [0.1, 0.15) is 11.4 Å². The molecule has 6 nitrogen and oxygen atoms in total. The van der Waals surface area contributed by atoms with Crippen LogP contribution in [0.25, 0.3) is 0 Å². The predicted octanol–water partition coefficient (Wildman–Crippen LogP) is 0.663. The number of ether oxygens (including phenoxy) is 1. The molecule has 1 unspecified atom stereocenters. The lowest BCUT2D eigenvalue weighted by atomic mass is 10.0. The number of rotatable bonds is 3. The number of amides is 2. The van der Waals surface area contributed by atoms with Gasteiger partial charge >= 0.3 is 6.03 Å². The molecule has 1 aliphatic rings. The second-order valence-corrected chi connectivity index (χ2v) is 4.56. The molecule has 0 bridgehead atoms. The van der Waals surface area contributed by atoms with Gasteiger partial charge in [-0.15, -0.1) is 0 Å². The molecule has 98 valence electrons. The molecule has 1 saturated heterocycles. The van der Waals surface area contributed by atoms with E-state index in [1.165, 1.54) is 0 Å². The number of carbonyl (C=O) groups is 1. The molecule has 1 aliphatic heterocycles. The van der Waals surface area contributed by atoms with Gasteiger partial charge in [0.05, 0.1) is 13.2 Å². The Balaban J connectivity index is 1.80. The summed E-state index contributed by atoms with van der Waals surface area (Å²) in [7, 11) is 0. The van der Waals surface area contributed by atoms with Gasteiger partial charge in [-0.2, -0.15) is 0 Å². The van der Waals surface area contributed by atoms with Crippen LogP contribution < -0.4 is 10.6 Å². The maximum absolute atomic E-state index is 11.6. The third-order valence-electron chi connectivity index (χ3n) is 2.81. The molecule has 0 saturated carbocycles. The maximum Gasteiger partial charge on any atom is 0.320 e. The number of urea groups is 1. The fourth-order valence-corrected chi connectivity index (χ4v) is 1.68.